The number of carbonyl (C=O) groups is 2. The summed E-state index contributed by atoms with van der Waals surface area (Å²) in [5.41, 5.74) is 1.67. The monoisotopic (exact) mass is 264 g/mol. The lowest BCUT2D eigenvalue weighted by molar-refractivity contribution is -0.120. The summed E-state index contributed by atoms with van der Waals surface area (Å²) < 4.78 is 0. The first-order valence-corrected chi connectivity index (χ1v) is 6.55. The summed E-state index contributed by atoms with van der Waals surface area (Å²) in [7, 11) is 0. The third-order valence-electron chi connectivity index (χ3n) is 2.52. The number of rotatable bonds is 6. The molecule has 0 saturated carbocycles. The fraction of sp³-hybridized carbons (Fsp3) is 0.467. The Labute approximate surface area is 115 Å². The summed E-state index contributed by atoms with van der Waals surface area (Å²) in [6.45, 7) is 11.5. The van der Waals surface area contributed by atoms with Crippen molar-refractivity contribution in [3.05, 3.63) is 36.1 Å². The SMILES string of the molecule is C=C/C(=C\C(=C/C)NC(=O)NC(=O)CCC)C(C)C. The van der Waals surface area contributed by atoms with Crippen molar-refractivity contribution < 1.29 is 9.59 Å². The van der Waals surface area contributed by atoms with Gasteiger partial charge in [-0.25, -0.2) is 4.79 Å². The minimum Gasteiger partial charge on any atom is -0.308 e. The van der Waals surface area contributed by atoms with Gasteiger partial charge in [0.15, 0.2) is 0 Å². The van der Waals surface area contributed by atoms with E-state index in [-0.39, 0.29) is 5.91 Å². The number of allylic oxidation sites excluding steroid dienone is 4. The second kappa shape index (κ2) is 9.14. The van der Waals surface area contributed by atoms with Gasteiger partial charge in [0.2, 0.25) is 5.91 Å². The summed E-state index contributed by atoms with van der Waals surface area (Å²) in [5, 5.41) is 4.92. The predicted octanol–water partition coefficient (Wildman–Crippen LogP) is 3.28. The lowest BCUT2D eigenvalue weighted by atomic mass is 10.0. The average Bonchev–Trinajstić information content (AvgIpc) is 2.33. The highest BCUT2D eigenvalue weighted by atomic mass is 16.2. The highest BCUT2D eigenvalue weighted by Crippen LogP contribution is 2.12. The van der Waals surface area contributed by atoms with Gasteiger partial charge in [-0.3, -0.25) is 10.1 Å². The summed E-state index contributed by atoms with van der Waals surface area (Å²) in [5.74, 6) is 0.0475. The van der Waals surface area contributed by atoms with Crippen molar-refractivity contribution in [3.8, 4) is 0 Å². The largest absolute Gasteiger partial charge is 0.325 e. The van der Waals surface area contributed by atoms with Gasteiger partial charge < -0.3 is 5.32 Å². The number of hydrogen-bond donors (Lipinski definition) is 2. The van der Waals surface area contributed by atoms with Gasteiger partial charge in [0, 0.05) is 12.1 Å². The molecule has 0 aliphatic carbocycles. The molecule has 0 saturated heterocycles. The molecule has 0 radical (unpaired) electrons. The van der Waals surface area contributed by atoms with Gasteiger partial charge in [0.1, 0.15) is 0 Å². The third-order valence-corrected chi connectivity index (χ3v) is 2.52. The van der Waals surface area contributed by atoms with Gasteiger partial charge in [0.25, 0.3) is 0 Å². The Morgan fingerprint density at radius 1 is 1.26 bits per heavy atom. The number of carbonyl (C=O) groups excluding carboxylic acids is 2. The van der Waals surface area contributed by atoms with E-state index in [9.17, 15) is 9.59 Å². The van der Waals surface area contributed by atoms with Gasteiger partial charge >= 0.3 is 6.03 Å². The highest BCUT2D eigenvalue weighted by Gasteiger charge is 2.07. The Bertz CT molecular complexity index is 393. The van der Waals surface area contributed by atoms with E-state index in [4.69, 9.17) is 0 Å². The molecule has 0 unspecified atom stereocenters. The van der Waals surface area contributed by atoms with Crippen LogP contribution in [0, 0.1) is 5.92 Å². The third kappa shape index (κ3) is 7.24. The van der Waals surface area contributed by atoms with E-state index in [1.807, 2.05) is 33.8 Å². The molecule has 0 atom stereocenters. The molecular weight excluding hydrogens is 240 g/mol. The van der Waals surface area contributed by atoms with Crippen LogP contribution in [-0.4, -0.2) is 11.9 Å². The first-order chi connectivity index (χ1) is 8.94. The molecule has 0 spiro atoms. The van der Waals surface area contributed by atoms with Crippen LogP contribution in [0.3, 0.4) is 0 Å². The van der Waals surface area contributed by atoms with Crippen molar-refractivity contribution >= 4 is 11.9 Å². The molecule has 106 valence electrons. The molecule has 0 aliphatic rings. The molecule has 0 aliphatic heterocycles. The minimum atomic E-state index is -0.505. The van der Waals surface area contributed by atoms with Crippen molar-refractivity contribution in [1.82, 2.24) is 10.6 Å². The molecule has 0 bridgehead atoms. The van der Waals surface area contributed by atoms with E-state index in [2.05, 4.69) is 17.2 Å². The quantitative estimate of drug-likeness (QED) is 0.723. The summed E-state index contributed by atoms with van der Waals surface area (Å²) in [6, 6.07) is -0.505. The average molecular weight is 264 g/mol. The van der Waals surface area contributed by atoms with Crippen molar-refractivity contribution in [1.29, 1.82) is 0 Å². The van der Waals surface area contributed by atoms with Crippen LogP contribution in [0.25, 0.3) is 0 Å². The lowest BCUT2D eigenvalue weighted by Gasteiger charge is -2.10. The van der Waals surface area contributed by atoms with E-state index in [1.165, 1.54) is 0 Å². The number of nitrogens with one attached hydrogen (secondary N) is 2. The number of urea groups is 1. The summed E-state index contributed by atoms with van der Waals surface area (Å²) in [6.07, 6.45) is 6.44. The second-order valence-electron chi connectivity index (χ2n) is 4.50. The maximum atomic E-state index is 11.6. The lowest BCUT2D eigenvalue weighted by Crippen LogP contribution is -2.38. The van der Waals surface area contributed by atoms with E-state index >= 15 is 0 Å². The molecule has 0 rings (SSSR count). The van der Waals surface area contributed by atoms with Crippen LogP contribution in [0.1, 0.15) is 40.5 Å². The Balaban J connectivity index is 4.62. The molecule has 4 heteroatoms. The maximum absolute atomic E-state index is 11.6. The van der Waals surface area contributed by atoms with Crippen LogP contribution in [0.15, 0.2) is 36.1 Å². The van der Waals surface area contributed by atoms with Gasteiger partial charge in [-0.05, 0) is 30.9 Å². The maximum Gasteiger partial charge on any atom is 0.325 e. The van der Waals surface area contributed by atoms with Crippen LogP contribution < -0.4 is 10.6 Å². The van der Waals surface area contributed by atoms with Gasteiger partial charge in [0.05, 0.1) is 0 Å². The van der Waals surface area contributed by atoms with E-state index in [0.717, 1.165) is 5.57 Å². The molecule has 3 amide bonds. The standard InChI is InChI=1S/C15H24N2O2/c1-6-9-14(18)17-15(19)16-13(8-3)10-12(7-2)11(4)5/h7-8,10-11H,2,6,9H2,1,3-5H3,(H2,16,17,18,19)/b12-10+,13-8+. The summed E-state index contributed by atoms with van der Waals surface area (Å²) >= 11 is 0. The molecular formula is C15H24N2O2. The van der Waals surface area contributed by atoms with Crippen LogP contribution in [0.4, 0.5) is 4.79 Å². The first-order valence-electron chi connectivity index (χ1n) is 6.55. The molecule has 19 heavy (non-hydrogen) atoms. The second-order valence-corrected chi connectivity index (χ2v) is 4.50. The molecule has 0 aromatic carbocycles. The van der Waals surface area contributed by atoms with E-state index < -0.39 is 6.03 Å². The number of imide groups is 1. The summed E-state index contributed by atoms with van der Waals surface area (Å²) in [4.78, 5) is 22.9. The Kier molecular flexibility index (Phi) is 8.25. The highest BCUT2D eigenvalue weighted by molar-refractivity contribution is 5.95. The fourth-order valence-corrected chi connectivity index (χ4v) is 1.41. The molecule has 0 heterocycles. The van der Waals surface area contributed by atoms with Crippen molar-refractivity contribution in [2.75, 3.05) is 0 Å². The zero-order chi connectivity index (χ0) is 14.8. The molecule has 2 N–H and O–H groups in total. The van der Waals surface area contributed by atoms with Gasteiger partial charge in [-0.15, -0.1) is 0 Å². The Morgan fingerprint density at radius 3 is 2.32 bits per heavy atom. The van der Waals surface area contributed by atoms with Gasteiger partial charge in [-0.1, -0.05) is 39.5 Å². The van der Waals surface area contributed by atoms with Crippen LogP contribution >= 0.6 is 0 Å². The van der Waals surface area contributed by atoms with Crippen LogP contribution in [-0.2, 0) is 4.79 Å². The topological polar surface area (TPSA) is 58.2 Å². The Hall–Kier alpha value is -1.84. The van der Waals surface area contributed by atoms with Gasteiger partial charge in [-0.2, -0.15) is 0 Å². The predicted molar refractivity (Wildman–Crippen MR) is 78.5 cm³/mol. The minimum absolute atomic E-state index is 0.271. The fourth-order valence-electron chi connectivity index (χ4n) is 1.41. The zero-order valence-electron chi connectivity index (χ0n) is 12.2. The number of amides is 3. The Morgan fingerprint density at radius 2 is 1.89 bits per heavy atom. The molecule has 0 aromatic rings. The van der Waals surface area contributed by atoms with Crippen LogP contribution in [0.2, 0.25) is 0 Å². The van der Waals surface area contributed by atoms with Crippen molar-refractivity contribution in [3.63, 3.8) is 0 Å². The first kappa shape index (κ1) is 17.2. The van der Waals surface area contributed by atoms with E-state index in [1.54, 1.807) is 12.2 Å². The molecule has 0 aromatic heterocycles. The normalized spacial score (nSPS) is 12.3. The van der Waals surface area contributed by atoms with Crippen LogP contribution in [0.5, 0.6) is 0 Å². The van der Waals surface area contributed by atoms with Crippen molar-refractivity contribution in [2.24, 2.45) is 5.92 Å². The molecule has 0 fully saturated rings. The molecule has 4 nitrogen and oxygen atoms in total. The number of hydrogen-bond acceptors (Lipinski definition) is 2. The van der Waals surface area contributed by atoms with Crippen molar-refractivity contribution in [2.45, 2.75) is 40.5 Å². The smallest absolute Gasteiger partial charge is 0.308 e. The van der Waals surface area contributed by atoms with E-state index in [0.29, 0.717) is 24.5 Å². The zero-order valence-corrected chi connectivity index (χ0v) is 12.2.